The van der Waals surface area contributed by atoms with E-state index in [0.717, 1.165) is 11.1 Å². The highest BCUT2D eigenvalue weighted by molar-refractivity contribution is 6.30. The molecular weight excluding hydrogens is 505 g/mol. The van der Waals surface area contributed by atoms with E-state index in [1.165, 1.54) is 31.4 Å². The monoisotopic (exact) mass is 531 g/mol. The molecule has 0 saturated heterocycles. The molecule has 2 aromatic carbocycles. The molecule has 1 amide bonds. The summed E-state index contributed by atoms with van der Waals surface area (Å²) >= 11 is 12.2. The number of amides is 1. The number of hydrogen-bond donors (Lipinski definition) is 2. The fraction of sp³-hybridized carbons (Fsp3) is 0.269. The first-order chi connectivity index (χ1) is 17.1. The number of rotatable bonds is 9. The van der Waals surface area contributed by atoms with Crippen LogP contribution in [0.15, 0.2) is 60.8 Å². The van der Waals surface area contributed by atoms with E-state index in [1.54, 1.807) is 31.3 Å². The molecule has 0 fully saturated rings. The van der Waals surface area contributed by atoms with Crippen LogP contribution in [0.4, 0.5) is 0 Å². The van der Waals surface area contributed by atoms with Gasteiger partial charge < -0.3 is 20.0 Å². The number of halogens is 2. The first-order valence-corrected chi connectivity index (χ1v) is 11.9. The fourth-order valence-electron chi connectivity index (χ4n) is 4.00. The number of aromatic nitrogens is 1. The molecule has 1 heterocycles. The Bertz CT molecular complexity index is 1170. The van der Waals surface area contributed by atoms with Gasteiger partial charge >= 0.3 is 5.97 Å². The summed E-state index contributed by atoms with van der Waals surface area (Å²) in [5, 5.41) is 15.3. The molecule has 1 aromatic heterocycles. The van der Waals surface area contributed by atoms with Crippen LogP contribution in [0.25, 0.3) is 0 Å². The van der Waals surface area contributed by atoms with Crippen LogP contribution in [0.3, 0.4) is 0 Å². The third-order valence-corrected chi connectivity index (χ3v) is 6.45. The van der Waals surface area contributed by atoms with Crippen LogP contribution >= 0.6 is 23.2 Å². The smallest absolute Gasteiger partial charge is 0.347 e. The van der Waals surface area contributed by atoms with Gasteiger partial charge in [-0.1, -0.05) is 54.4 Å². The first kappa shape index (κ1) is 27.3. The van der Waals surface area contributed by atoms with E-state index < -0.39 is 29.2 Å². The largest absolute Gasteiger partial charge is 0.503 e. The average molecular weight is 532 g/mol. The highest BCUT2D eigenvalue weighted by Gasteiger charge is 2.40. The number of nitrogens with one attached hydrogen (secondary N) is 1. The second kappa shape index (κ2) is 11.6. The number of hydroxylamine groups is 2. The zero-order chi connectivity index (χ0) is 26.5. The Morgan fingerprint density at radius 2 is 1.58 bits per heavy atom. The van der Waals surface area contributed by atoms with Crippen LogP contribution in [0, 0.1) is 0 Å². The average Bonchev–Trinajstić information content (AvgIpc) is 2.86. The molecule has 1 atom stereocenters. The summed E-state index contributed by atoms with van der Waals surface area (Å²) in [7, 11) is 3.00. The van der Waals surface area contributed by atoms with Gasteiger partial charge in [0.1, 0.15) is 11.6 Å². The topological polar surface area (TPSA) is 101 Å². The third-order valence-electron chi connectivity index (χ3n) is 5.94. The molecule has 3 rings (SSSR count). The molecule has 0 aliphatic rings. The van der Waals surface area contributed by atoms with Crippen molar-refractivity contribution in [2.75, 3.05) is 14.2 Å². The van der Waals surface area contributed by atoms with E-state index in [9.17, 15) is 14.7 Å². The Morgan fingerprint density at radius 1 is 1.06 bits per heavy atom. The van der Waals surface area contributed by atoms with E-state index >= 15 is 0 Å². The molecule has 0 bridgehead atoms. The highest BCUT2D eigenvalue weighted by atomic mass is 35.5. The van der Waals surface area contributed by atoms with Gasteiger partial charge in [-0.3, -0.25) is 4.79 Å². The highest BCUT2D eigenvalue weighted by Crippen LogP contribution is 2.39. The molecule has 0 aliphatic heterocycles. The van der Waals surface area contributed by atoms with Crippen molar-refractivity contribution in [2.24, 2.45) is 0 Å². The number of aromatic hydroxyl groups is 1. The van der Waals surface area contributed by atoms with E-state index in [0.29, 0.717) is 16.5 Å². The Labute approximate surface area is 219 Å². The van der Waals surface area contributed by atoms with Gasteiger partial charge in [-0.15, -0.1) is 5.06 Å². The minimum absolute atomic E-state index is 0.0868. The maximum atomic E-state index is 13.0. The number of nitrogens with zero attached hydrogens (tertiary/aromatic N) is 2. The van der Waals surface area contributed by atoms with Crippen LogP contribution in [-0.4, -0.2) is 47.2 Å². The Kier molecular flexibility index (Phi) is 8.79. The maximum absolute atomic E-state index is 13.0. The lowest BCUT2D eigenvalue weighted by molar-refractivity contribution is -0.210. The summed E-state index contributed by atoms with van der Waals surface area (Å²) in [6, 6.07) is 14.9. The van der Waals surface area contributed by atoms with E-state index in [4.69, 9.17) is 32.8 Å². The number of benzene rings is 2. The number of hydrogen-bond acceptors (Lipinski definition) is 7. The second-order valence-electron chi connectivity index (χ2n) is 8.04. The maximum Gasteiger partial charge on any atom is 0.347 e. The zero-order valence-corrected chi connectivity index (χ0v) is 21.8. The summed E-state index contributed by atoms with van der Waals surface area (Å²) in [5.41, 5.74) is 0.539. The lowest BCUT2D eigenvalue weighted by atomic mass is 9.80. The van der Waals surface area contributed by atoms with Crippen molar-refractivity contribution in [3.8, 4) is 11.5 Å². The second-order valence-corrected chi connectivity index (χ2v) is 8.91. The van der Waals surface area contributed by atoms with Crippen molar-refractivity contribution < 1.29 is 24.3 Å². The Balaban J connectivity index is 1.86. The predicted molar refractivity (Wildman–Crippen MR) is 137 cm³/mol. The van der Waals surface area contributed by atoms with Gasteiger partial charge in [-0.05, 0) is 48.7 Å². The van der Waals surface area contributed by atoms with Crippen LogP contribution in [0.1, 0.15) is 41.9 Å². The molecule has 0 aliphatic carbocycles. The van der Waals surface area contributed by atoms with E-state index in [-0.39, 0.29) is 11.4 Å². The predicted octanol–water partition coefficient (Wildman–Crippen LogP) is 4.96. The first-order valence-electron chi connectivity index (χ1n) is 11.1. The van der Waals surface area contributed by atoms with Gasteiger partial charge in [-0.25, -0.2) is 9.78 Å². The van der Waals surface area contributed by atoms with E-state index in [2.05, 4.69) is 10.3 Å². The van der Waals surface area contributed by atoms with Crippen molar-refractivity contribution in [3.63, 3.8) is 0 Å². The van der Waals surface area contributed by atoms with Crippen LogP contribution in [-0.2, 0) is 15.2 Å². The molecule has 2 N–H and O–H groups in total. The molecule has 0 radical (unpaired) electrons. The fourth-order valence-corrected chi connectivity index (χ4v) is 4.25. The van der Waals surface area contributed by atoms with Crippen molar-refractivity contribution in [3.05, 3.63) is 87.7 Å². The Morgan fingerprint density at radius 3 is 2.06 bits per heavy atom. The van der Waals surface area contributed by atoms with Gasteiger partial charge in [0.15, 0.2) is 17.2 Å². The molecule has 3 aromatic rings. The molecular formula is C26H27Cl2N3O5. The minimum atomic E-state index is -1.06. The number of carbonyl (C=O) groups excluding carboxylic acids is 2. The molecule has 190 valence electrons. The lowest BCUT2D eigenvalue weighted by Crippen LogP contribution is -2.49. The minimum Gasteiger partial charge on any atom is -0.503 e. The van der Waals surface area contributed by atoms with Gasteiger partial charge in [-0.2, -0.15) is 0 Å². The number of carbonyl (C=O) groups is 2. The van der Waals surface area contributed by atoms with Crippen molar-refractivity contribution in [2.45, 2.75) is 31.8 Å². The molecule has 0 saturated carbocycles. The van der Waals surface area contributed by atoms with Gasteiger partial charge in [0, 0.05) is 29.4 Å². The summed E-state index contributed by atoms with van der Waals surface area (Å²) in [6.07, 6.45) is 1.85. The zero-order valence-electron chi connectivity index (χ0n) is 20.3. The number of pyridine rings is 1. The Hall–Kier alpha value is -3.33. The summed E-state index contributed by atoms with van der Waals surface area (Å²) in [6.45, 7) is 3.44. The number of methoxy groups -OCH3 is 1. The molecule has 8 nitrogen and oxygen atoms in total. The van der Waals surface area contributed by atoms with Crippen molar-refractivity contribution in [1.29, 1.82) is 0 Å². The number of ether oxygens (including phenoxy) is 1. The molecule has 0 spiro atoms. The quantitative estimate of drug-likeness (QED) is 0.376. The molecule has 0 unspecified atom stereocenters. The standard InChI is InChI=1S/C26H27Cl2N3O5/c1-5-26(17-6-10-19(27)11-7-17,18-8-12-20(28)13-9-18)31(3)36-25(34)16(2)30-24(33)22-23(32)21(35-4)14-15-29-22/h6-16,32H,5H2,1-4H3,(H,30,33)/t16-/m0/s1. The normalized spacial score (nSPS) is 12.2. The van der Waals surface area contributed by atoms with Crippen LogP contribution in [0.5, 0.6) is 11.5 Å². The molecule has 36 heavy (non-hydrogen) atoms. The molecule has 10 heteroatoms. The van der Waals surface area contributed by atoms with Crippen LogP contribution < -0.4 is 10.1 Å². The lowest BCUT2D eigenvalue weighted by Gasteiger charge is -2.41. The van der Waals surface area contributed by atoms with Crippen molar-refractivity contribution in [1.82, 2.24) is 15.4 Å². The summed E-state index contributed by atoms with van der Waals surface area (Å²) in [5.74, 6) is -1.81. The van der Waals surface area contributed by atoms with Gasteiger partial charge in [0.25, 0.3) is 5.91 Å². The summed E-state index contributed by atoms with van der Waals surface area (Å²) in [4.78, 5) is 35.3. The van der Waals surface area contributed by atoms with Crippen molar-refractivity contribution >= 4 is 35.1 Å². The van der Waals surface area contributed by atoms with Crippen LogP contribution in [0.2, 0.25) is 10.0 Å². The third kappa shape index (κ3) is 5.56. The van der Waals surface area contributed by atoms with E-state index in [1.807, 2.05) is 31.2 Å². The summed E-state index contributed by atoms with van der Waals surface area (Å²) < 4.78 is 5.00. The van der Waals surface area contributed by atoms with Gasteiger partial charge in [0.05, 0.1) is 7.11 Å². The SMILES string of the molecule is CCC(c1ccc(Cl)cc1)(c1ccc(Cl)cc1)N(C)OC(=O)[C@H](C)NC(=O)c1nccc(OC)c1O. The van der Waals surface area contributed by atoms with Gasteiger partial charge in [0.2, 0.25) is 0 Å².